The van der Waals surface area contributed by atoms with Gasteiger partial charge in [0, 0.05) is 6.42 Å². The molecule has 0 radical (unpaired) electrons. The quantitative estimate of drug-likeness (QED) is 0.776. The number of rotatable bonds is 6. The van der Waals surface area contributed by atoms with Crippen LogP contribution in [0.1, 0.15) is 31.7 Å². The summed E-state index contributed by atoms with van der Waals surface area (Å²) >= 11 is 0. The Morgan fingerprint density at radius 2 is 1.93 bits per heavy atom. The number of hydrogen-bond acceptors (Lipinski definition) is 1. The lowest BCUT2D eigenvalue weighted by molar-refractivity contribution is -0.137. The van der Waals surface area contributed by atoms with Gasteiger partial charge in [-0.3, -0.25) is 4.79 Å². The van der Waals surface area contributed by atoms with Crippen LogP contribution in [0.25, 0.3) is 0 Å². The van der Waals surface area contributed by atoms with Crippen molar-refractivity contribution in [3.8, 4) is 0 Å². The van der Waals surface area contributed by atoms with Crippen molar-refractivity contribution < 1.29 is 9.90 Å². The average molecular weight is 206 g/mol. The van der Waals surface area contributed by atoms with Crippen LogP contribution in [0.15, 0.2) is 30.3 Å². The highest BCUT2D eigenvalue weighted by Gasteiger charge is 2.05. The third kappa shape index (κ3) is 5.21. The Hall–Kier alpha value is -1.31. The van der Waals surface area contributed by atoms with Gasteiger partial charge in [-0.25, -0.2) is 0 Å². The smallest absolute Gasteiger partial charge is 0.303 e. The van der Waals surface area contributed by atoms with E-state index in [1.807, 2.05) is 18.2 Å². The molecule has 2 nitrogen and oxygen atoms in total. The summed E-state index contributed by atoms with van der Waals surface area (Å²) in [5, 5.41) is 8.55. The average Bonchev–Trinajstić information content (AvgIpc) is 2.25. The van der Waals surface area contributed by atoms with Crippen molar-refractivity contribution in [2.24, 2.45) is 5.92 Å². The Balaban J connectivity index is 2.22. The summed E-state index contributed by atoms with van der Waals surface area (Å²) in [6.07, 6.45) is 3.18. The Morgan fingerprint density at radius 1 is 1.27 bits per heavy atom. The molecule has 0 bridgehead atoms. The second-order valence-electron chi connectivity index (χ2n) is 4.06. The van der Waals surface area contributed by atoms with Crippen molar-refractivity contribution in [1.29, 1.82) is 0 Å². The van der Waals surface area contributed by atoms with Crippen LogP contribution >= 0.6 is 0 Å². The van der Waals surface area contributed by atoms with E-state index in [2.05, 4.69) is 19.1 Å². The van der Waals surface area contributed by atoms with Gasteiger partial charge < -0.3 is 5.11 Å². The molecule has 0 aliphatic heterocycles. The molecule has 0 aliphatic rings. The van der Waals surface area contributed by atoms with Crippen LogP contribution < -0.4 is 0 Å². The second-order valence-corrected chi connectivity index (χ2v) is 4.06. The maximum absolute atomic E-state index is 10.4. The van der Waals surface area contributed by atoms with Gasteiger partial charge in [-0.2, -0.15) is 0 Å². The number of aryl methyl sites for hydroxylation is 1. The van der Waals surface area contributed by atoms with Crippen LogP contribution in [-0.4, -0.2) is 11.1 Å². The van der Waals surface area contributed by atoms with Gasteiger partial charge in [0.1, 0.15) is 0 Å². The fraction of sp³-hybridized carbons (Fsp3) is 0.462. The molecule has 1 aromatic rings. The van der Waals surface area contributed by atoms with E-state index in [1.165, 1.54) is 5.56 Å². The number of hydrogen-bond donors (Lipinski definition) is 1. The molecular weight excluding hydrogens is 188 g/mol. The fourth-order valence-electron chi connectivity index (χ4n) is 1.57. The van der Waals surface area contributed by atoms with Gasteiger partial charge in [-0.1, -0.05) is 37.3 Å². The molecule has 0 saturated carbocycles. The van der Waals surface area contributed by atoms with Crippen LogP contribution in [0.5, 0.6) is 0 Å². The Bertz CT molecular complexity index is 293. The van der Waals surface area contributed by atoms with Crippen LogP contribution in [-0.2, 0) is 11.2 Å². The van der Waals surface area contributed by atoms with Crippen molar-refractivity contribution >= 4 is 5.97 Å². The molecular formula is C13H18O2. The predicted molar refractivity (Wildman–Crippen MR) is 60.8 cm³/mol. The van der Waals surface area contributed by atoms with Gasteiger partial charge in [0.15, 0.2) is 0 Å². The summed E-state index contributed by atoms with van der Waals surface area (Å²) in [5.74, 6) is -0.206. The number of carboxylic acids is 1. The molecule has 82 valence electrons. The lowest BCUT2D eigenvalue weighted by Crippen LogP contribution is -2.02. The number of benzene rings is 1. The predicted octanol–water partition coefficient (Wildman–Crippen LogP) is 3.12. The molecule has 0 fully saturated rings. The Kier molecular flexibility index (Phi) is 4.88. The van der Waals surface area contributed by atoms with E-state index < -0.39 is 5.97 Å². The fourth-order valence-corrected chi connectivity index (χ4v) is 1.57. The molecule has 1 aromatic carbocycles. The molecule has 1 atom stereocenters. The highest BCUT2D eigenvalue weighted by atomic mass is 16.4. The van der Waals surface area contributed by atoms with Gasteiger partial charge in [0.25, 0.3) is 0 Å². The first-order chi connectivity index (χ1) is 7.18. The Labute approximate surface area is 90.9 Å². The van der Waals surface area contributed by atoms with Gasteiger partial charge >= 0.3 is 5.97 Å². The normalized spacial score (nSPS) is 12.3. The highest BCUT2D eigenvalue weighted by Crippen LogP contribution is 2.14. The van der Waals surface area contributed by atoms with E-state index in [0.717, 1.165) is 19.3 Å². The SMILES string of the molecule is C[C@H](CCC(=O)O)CCc1ccccc1. The van der Waals surface area contributed by atoms with Crippen molar-refractivity contribution in [2.75, 3.05) is 0 Å². The van der Waals surface area contributed by atoms with E-state index in [-0.39, 0.29) is 6.42 Å². The van der Waals surface area contributed by atoms with E-state index in [0.29, 0.717) is 5.92 Å². The molecule has 0 amide bonds. The van der Waals surface area contributed by atoms with Gasteiger partial charge in [-0.05, 0) is 30.7 Å². The lowest BCUT2D eigenvalue weighted by Gasteiger charge is -2.09. The summed E-state index contributed by atoms with van der Waals surface area (Å²) in [6.45, 7) is 2.12. The summed E-state index contributed by atoms with van der Waals surface area (Å²) in [5.41, 5.74) is 1.33. The summed E-state index contributed by atoms with van der Waals surface area (Å²) < 4.78 is 0. The van der Waals surface area contributed by atoms with Crippen molar-refractivity contribution in [2.45, 2.75) is 32.6 Å². The molecule has 2 heteroatoms. The molecule has 1 N–H and O–H groups in total. The molecule has 0 spiro atoms. The zero-order chi connectivity index (χ0) is 11.1. The number of aliphatic carboxylic acids is 1. The van der Waals surface area contributed by atoms with Crippen LogP contribution in [0.3, 0.4) is 0 Å². The van der Waals surface area contributed by atoms with Crippen molar-refractivity contribution in [1.82, 2.24) is 0 Å². The maximum atomic E-state index is 10.4. The lowest BCUT2D eigenvalue weighted by atomic mass is 9.97. The van der Waals surface area contributed by atoms with Crippen LogP contribution in [0.4, 0.5) is 0 Å². The first kappa shape index (κ1) is 11.8. The van der Waals surface area contributed by atoms with Gasteiger partial charge in [-0.15, -0.1) is 0 Å². The molecule has 0 heterocycles. The standard InChI is InChI=1S/C13H18O2/c1-11(8-10-13(14)15)7-9-12-5-3-2-4-6-12/h2-6,11H,7-10H2,1H3,(H,14,15)/t11-/m0/s1. The van der Waals surface area contributed by atoms with E-state index in [1.54, 1.807) is 0 Å². The van der Waals surface area contributed by atoms with Crippen LogP contribution in [0, 0.1) is 5.92 Å². The number of carbonyl (C=O) groups is 1. The maximum Gasteiger partial charge on any atom is 0.303 e. The molecule has 0 unspecified atom stereocenters. The minimum absolute atomic E-state index is 0.288. The van der Waals surface area contributed by atoms with Crippen molar-refractivity contribution in [3.63, 3.8) is 0 Å². The minimum Gasteiger partial charge on any atom is -0.481 e. The minimum atomic E-state index is -0.693. The highest BCUT2D eigenvalue weighted by molar-refractivity contribution is 5.66. The third-order valence-corrected chi connectivity index (χ3v) is 2.62. The first-order valence-corrected chi connectivity index (χ1v) is 5.44. The second kappa shape index (κ2) is 6.23. The summed E-state index contributed by atoms with van der Waals surface area (Å²) in [4.78, 5) is 10.4. The topological polar surface area (TPSA) is 37.3 Å². The van der Waals surface area contributed by atoms with E-state index >= 15 is 0 Å². The molecule has 0 saturated heterocycles. The van der Waals surface area contributed by atoms with Crippen LogP contribution in [0.2, 0.25) is 0 Å². The Morgan fingerprint density at radius 3 is 2.53 bits per heavy atom. The third-order valence-electron chi connectivity index (χ3n) is 2.62. The van der Waals surface area contributed by atoms with Crippen molar-refractivity contribution in [3.05, 3.63) is 35.9 Å². The number of carboxylic acid groups (broad SMARTS) is 1. The monoisotopic (exact) mass is 206 g/mol. The summed E-state index contributed by atoms with van der Waals surface area (Å²) in [7, 11) is 0. The largest absolute Gasteiger partial charge is 0.481 e. The van der Waals surface area contributed by atoms with Gasteiger partial charge in [0.05, 0.1) is 0 Å². The first-order valence-electron chi connectivity index (χ1n) is 5.44. The molecule has 0 aromatic heterocycles. The molecule has 0 aliphatic carbocycles. The summed E-state index contributed by atoms with van der Waals surface area (Å²) in [6, 6.07) is 10.3. The molecule has 1 rings (SSSR count). The zero-order valence-corrected chi connectivity index (χ0v) is 9.15. The van der Waals surface area contributed by atoms with E-state index in [9.17, 15) is 4.79 Å². The zero-order valence-electron chi connectivity index (χ0n) is 9.15. The molecule has 15 heavy (non-hydrogen) atoms. The van der Waals surface area contributed by atoms with Gasteiger partial charge in [0.2, 0.25) is 0 Å². The van der Waals surface area contributed by atoms with E-state index in [4.69, 9.17) is 5.11 Å².